The second-order valence-corrected chi connectivity index (χ2v) is 4.13. The highest BCUT2D eigenvalue weighted by molar-refractivity contribution is 5.79. The lowest BCUT2D eigenvalue weighted by molar-refractivity contribution is 0.744. The number of benzene rings is 1. The lowest BCUT2D eigenvalue weighted by Crippen LogP contribution is -2.27. The van der Waals surface area contributed by atoms with Gasteiger partial charge in [0.1, 0.15) is 0 Å². The van der Waals surface area contributed by atoms with Crippen molar-refractivity contribution in [3.63, 3.8) is 0 Å². The minimum atomic E-state index is 0.345. The van der Waals surface area contributed by atoms with Crippen LogP contribution in [0.1, 0.15) is 13.8 Å². The Morgan fingerprint density at radius 2 is 1.69 bits per heavy atom. The van der Waals surface area contributed by atoms with Crippen LogP contribution >= 0.6 is 0 Å². The average molecular weight is 216 g/mol. The van der Waals surface area contributed by atoms with E-state index in [1.807, 2.05) is 36.2 Å². The van der Waals surface area contributed by atoms with Crippen molar-refractivity contribution in [3.05, 3.63) is 24.3 Å². The van der Waals surface area contributed by atoms with Gasteiger partial charge in [-0.1, -0.05) is 12.1 Å². The first-order valence-electron chi connectivity index (χ1n) is 5.34. The van der Waals surface area contributed by atoms with Gasteiger partial charge in [0.25, 0.3) is 0 Å². The molecule has 0 aliphatic carbocycles. The van der Waals surface area contributed by atoms with Gasteiger partial charge < -0.3 is 10.6 Å². The molecule has 0 spiro atoms. The molecule has 0 aliphatic rings. The molecule has 4 nitrogen and oxygen atoms in total. The number of nitrogen functional groups attached to an aromatic ring is 1. The van der Waals surface area contributed by atoms with Gasteiger partial charge in [-0.15, -0.1) is 0 Å². The molecule has 0 radical (unpaired) electrons. The average Bonchev–Trinajstić information content (AvgIpc) is 2.27. The van der Waals surface area contributed by atoms with Gasteiger partial charge in [0, 0.05) is 13.1 Å². The number of fused-ring (bicyclic) bond motifs is 1. The van der Waals surface area contributed by atoms with Crippen molar-refractivity contribution < 1.29 is 0 Å². The van der Waals surface area contributed by atoms with Crippen molar-refractivity contribution in [1.82, 2.24) is 9.97 Å². The van der Waals surface area contributed by atoms with Crippen molar-refractivity contribution >= 4 is 22.7 Å². The summed E-state index contributed by atoms with van der Waals surface area (Å²) in [5.41, 5.74) is 7.62. The van der Waals surface area contributed by atoms with E-state index in [9.17, 15) is 0 Å². The topological polar surface area (TPSA) is 55.0 Å². The smallest absolute Gasteiger partial charge is 0.172 e. The third-order valence-corrected chi connectivity index (χ3v) is 2.69. The first-order valence-corrected chi connectivity index (χ1v) is 5.34. The predicted molar refractivity (Wildman–Crippen MR) is 67.5 cm³/mol. The number of anilines is 2. The molecular weight excluding hydrogens is 200 g/mol. The fourth-order valence-corrected chi connectivity index (χ4v) is 1.51. The summed E-state index contributed by atoms with van der Waals surface area (Å²) in [7, 11) is 1.97. The van der Waals surface area contributed by atoms with Crippen LogP contribution in [0.2, 0.25) is 0 Å². The van der Waals surface area contributed by atoms with Crippen LogP contribution in [-0.4, -0.2) is 23.1 Å². The zero-order valence-electron chi connectivity index (χ0n) is 9.81. The molecule has 1 aromatic heterocycles. The summed E-state index contributed by atoms with van der Waals surface area (Å²) in [4.78, 5) is 10.9. The molecule has 0 atom stereocenters. The number of nitrogens with two attached hydrogens (primary N) is 1. The van der Waals surface area contributed by atoms with Crippen LogP contribution in [0.25, 0.3) is 11.0 Å². The first-order chi connectivity index (χ1) is 7.59. The zero-order valence-corrected chi connectivity index (χ0v) is 9.81. The molecule has 1 heterocycles. The normalized spacial score (nSPS) is 11.0. The standard InChI is InChI=1S/C12H16N4/c1-8(2)16(3)12-11(13)14-9-6-4-5-7-10(9)15-12/h4-8H,1-3H3,(H2,13,14). The Labute approximate surface area is 95.1 Å². The van der Waals surface area contributed by atoms with Crippen LogP contribution in [-0.2, 0) is 0 Å². The molecule has 2 aromatic rings. The van der Waals surface area contributed by atoms with Crippen molar-refractivity contribution in [2.75, 3.05) is 17.7 Å². The van der Waals surface area contributed by atoms with Gasteiger partial charge in [0.15, 0.2) is 11.6 Å². The lowest BCUT2D eigenvalue weighted by Gasteiger charge is -2.23. The Morgan fingerprint density at radius 3 is 2.25 bits per heavy atom. The third-order valence-electron chi connectivity index (χ3n) is 2.69. The monoisotopic (exact) mass is 216 g/mol. The molecular formula is C12H16N4. The Bertz CT molecular complexity index is 507. The summed E-state index contributed by atoms with van der Waals surface area (Å²) in [5.74, 6) is 1.23. The summed E-state index contributed by atoms with van der Waals surface area (Å²) >= 11 is 0. The van der Waals surface area contributed by atoms with E-state index in [2.05, 4.69) is 23.8 Å². The molecule has 2 N–H and O–H groups in total. The molecule has 0 fully saturated rings. The van der Waals surface area contributed by atoms with E-state index in [0.717, 1.165) is 16.9 Å². The second kappa shape index (κ2) is 3.96. The van der Waals surface area contributed by atoms with Crippen molar-refractivity contribution in [2.45, 2.75) is 19.9 Å². The number of rotatable bonds is 2. The Balaban J connectivity index is 2.58. The largest absolute Gasteiger partial charge is 0.381 e. The maximum Gasteiger partial charge on any atom is 0.172 e. The van der Waals surface area contributed by atoms with E-state index in [-0.39, 0.29) is 0 Å². The number of hydrogen-bond acceptors (Lipinski definition) is 4. The van der Waals surface area contributed by atoms with Crippen LogP contribution < -0.4 is 10.6 Å². The minimum Gasteiger partial charge on any atom is -0.381 e. The molecule has 0 aliphatic heterocycles. The molecule has 0 unspecified atom stereocenters. The number of nitrogens with zero attached hydrogens (tertiary/aromatic N) is 3. The van der Waals surface area contributed by atoms with Gasteiger partial charge >= 0.3 is 0 Å². The maximum absolute atomic E-state index is 5.91. The Morgan fingerprint density at radius 1 is 1.12 bits per heavy atom. The van der Waals surface area contributed by atoms with E-state index in [0.29, 0.717) is 11.9 Å². The number of para-hydroxylation sites is 2. The SMILES string of the molecule is CC(C)N(C)c1nc2ccccc2nc1N. The van der Waals surface area contributed by atoms with Gasteiger partial charge in [-0.2, -0.15) is 0 Å². The van der Waals surface area contributed by atoms with Gasteiger partial charge in [0.2, 0.25) is 0 Å². The van der Waals surface area contributed by atoms with E-state index >= 15 is 0 Å². The van der Waals surface area contributed by atoms with Gasteiger partial charge in [-0.05, 0) is 26.0 Å². The van der Waals surface area contributed by atoms with E-state index in [1.165, 1.54) is 0 Å². The highest BCUT2D eigenvalue weighted by Gasteiger charge is 2.12. The highest BCUT2D eigenvalue weighted by Crippen LogP contribution is 2.22. The van der Waals surface area contributed by atoms with Gasteiger partial charge in [-0.3, -0.25) is 0 Å². The summed E-state index contributed by atoms with van der Waals surface area (Å²) in [5, 5.41) is 0. The molecule has 0 bridgehead atoms. The molecule has 0 saturated carbocycles. The quantitative estimate of drug-likeness (QED) is 0.834. The molecule has 2 rings (SSSR count). The second-order valence-electron chi connectivity index (χ2n) is 4.13. The predicted octanol–water partition coefficient (Wildman–Crippen LogP) is 2.06. The molecule has 1 aromatic carbocycles. The van der Waals surface area contributed by atoms with Crippen molar-refractivity contribution in [3.8, 4) is 0 Å². The van der Waals surface area contributed by atoms with Crippen LogP contribution in [0.15, 0.2) is 24.3 Å². The summed E-state index contributed by atoms with van der Waals surface area (Å²) in [6.07, 6.45) is 0. The van der Waals surface area contributed by atoms with E-state index < -0.39 is 0 Å². The third kappa shape index (κ3) is 1.78. The zero-order chi connectivity index (χ0) is 11.7. The number of hydrogen-bond donors (Lipinski definition) is 1. The minimum absolute atomic E-state index is 0.345. The fraction of sp³-hybridized carbons (Fsp3) is 0.333. The molecule has 84 valence electrons. The highest BCUT2D eigenvalue weighted by atomic mass is 15.2. The molecule has 0 amide bonds. The molecule has 16 heavy (non-hydrogen) atoms. The van der Waals surface area contributed by atoms with Crippen molar-refractivity contribution in [1.29, 1.82) is 0 Å². The van der Waals surface area contributed by atoms with Crippen LogP contribution in [0.5, 0.6) is 0 Å². The van der Waals surface area contributed by atoms with E-state index in [1.54, 1.807) is 0 Å². The van der Waals surface area contributed by atoms with Crippen LogP contribution in [0.3, 0.4) is 0 Å². The first kappa shape index (κ1) is 10.7. The van der Waals surface area contributed by atoms with Crippen LogP contribution in [0, 0.1) is 0 Å². The summed E-state index contributed by atoms with van der Waals surface area (Å²) < 4.78 is 0. The summed E-state index contributed by atoms with van der Waals surface area (Å²) in [6.45, 7) is 4.19. The molecule has 4 heteroatoms. The Hall–Kier alpha value is -1.84. The van der Waals surface area contributed by atoms with Gasteiger partial charge in [-0.25, -0.2) is 9.97 Å². The van der Waals surface area contributed by atoms with Gasteiger partial charge in [0.05, 0.1) is 11.0 Å². The van der Waals surface area contributed by atoms with E-state index in [4.69, 9.17) is 5.73 Å². The summed E-state index contributed by atoms with van der Waals surface area (Å²) in [6, 6.07) is 8.09. The molecule has 0 saturated heterocycles. The number of aromatic nitrogens is 2. The lowest BCUT2D eigenvalue weighted by atomic mass is 10.3. The maximum atomic E-state index is 5.91. The van der Waals surface area contributed by atoms with Crippen LogP contribution in [0.4, 0.5) is 11.6 Å². The Kier molecular flexibility index (Phi) is 2.64. The fourth-order valence-electron chi connectivity index (χ4n) is 1.51. The van der Waals surface area contributed by atoms with Crippen molar-refractivity contribution in [2.24, 2.45) is 0 Å².